The largest absolute Gasteiger partial charge is 0.463 e. The molecule has 2 N–H and O–H groups in total. The molecule has 0 aromatic heterocycles. The van der Waals surface area contributed by atoms with E-state index < -0.39 is 0 Å². The molecule has 0 amide bonds. The number of hydrogen-bond donors (Lipinski definition) is 0. The summed E-state index contributed by atoms with van der Waals surface area (Å²) >= 11 is 0. The van der Waals surface area contributed by atoms with Crippen LogP contribution in [0.3, 0.4) is 0 Å². The highest BCUT2D eigenvalue weighted by Gasteiger charge is 2.23. The number of esters is 1. The van der Waals surface area contributed by atoms with E-state index in [2.05, 4.69) is 0 Å². The van der Waals surface area contributed by atoms with Gasteiger partial charge in [-0.3, -0.25) is 4.79 Å². The Hall–Kier alpha value is -0.610. The molecule has 0 bridgehead atoms. The number of hydrogen-bond acceptors (Lipinski definition) is 3. The van der Waals surface area contributed by atoms with E-state index >= 15 is 0 Å². The molecule has 1 fully saturated rings. The highest BCUT2D eigenvalue weighted by molar-refractivity contribution is 5.69. The van der Waals surface area contributed by atoms with Gasteiger partial charge in [-0.1, -0.05) is 6.92 Å². The second-order valence-corrected chi connectivity index (χ2v) is 2.39. The predicted molar refractivity (Wildman–Crippen MR) is 39.2 cm³/mol. The highest BCUT2D eigenvalue weighted by atomic mass is 16.6. The smallest absolute Gasteiger partial charge is 0.305 e. The van der Waals surface area contributed by atoms with Crippen molar-refractivity contribution in [1.82, 2.24) is 0 Å². The zero-order valence-electron chi connectivity index (χ0n) is 6.63. The van der Waals surface area contributed by atoms with E-state index in [9.17, 15) is 4.79 Å². The van der Waals surface area contributed by atoms with Crippen molar-refractivity contribution in [2.75, 3.05) is 13.2 Å². The molecule has 11 heavy (non-hydrogen) atoms. The molecule has 0 aliphatic carbocycles. The van der Waals surface area contributed by atoms with Crippen LogP contribution in [0.15, 0.2) is 0 Å². The fourth-order valence-corrected chi connectivity index (χ4v) is 0.626. The molecule has 0 aromatic carbocycles. The molecular formula is C7H14O4. The molecule has 1 aliphatic rings. The molecule has 1 heterocycles. The molecule has 0 aromatic rings. The van der Waals surface area contributed by atoms with Gasteiger partial charge in [0.2, 0.25) is 0 Å². The second-order valence-electron chi connectivity index (χ2n) is 2.39. The Morgan fingerprint density at radius 2 is 2.36 bits per heavy atom. The average molecular weight is 162 g/mol. The predicted octanol–water partition coefficient (Wildman–Crippen LogP) is -0.0962. The Morgan fingerprint density at radius 1 is 1.73 bits per heavy atom. The van der Waals surface area contributed by atoms with Crippen molar-refractivity contribution in [2.45, 2.75) is 25.9 Å². The molecule has 0 saturated carbocycles. The maximum Gasteiger partial charge on any atom is 0.305 e. The Balaban J connectivity index is 0.000001000. The lowest BCUT2D eigenvalue weighted by molar-refractivity contribution is -0.144. The molecule has 0 radical (unpaired) electrons. The topological polar surface area (TPSA) is 70.3 Å². The van der Waals surface area contributed by atoms with Crippen LogP contribution in [0.25, 0.3) is 0 Å². The van der Waals surface area contributed by atoms with Crippen LogP contribution >= 0.6 is 0 Å². The normalized spacial score (nSPS) is 20.3. The number of rotatable bonds is 4. The molecule has 1 saturated heterocycles. The maximum atomic E-state index is 10.7. The van der Waals surface area contributed by atoms with E-state index in [0.29, 0.717) is 13.0 Å². The fourth-order valence-electron chi connectivity index (χ4n) is 0.626. The van der Waals surface area contributed by atoms with Crippen molar-refractivity contribution in [1.29, 1.82) is 0 Å². The molecule has 0 spiro atoms. The number of epoxide rings is 1. The summed E-state index contributed by atoms with van der Waals surface area (Å²) < 4.78 is 9.70. The van der Waals surface area contributed by atoms with E-state index in [-0.39, 0.29) is 17.5 Å². The van der Waals surface area contributed by atoms with Gasteiger partial charge in [0.15, 0.2) is 0 Å². The van der Waals surface area contributed by atoms with Gasteiger partial charge < -0.3 is 14.9 Å². The standard InChI is InChI=1S/C7H12O3.H2O/c1-2-3-7(8)10-5-6-4-9-6;/h6H,2-5H2,1H3;1H2. The van der Waals surface area contributed by atoms with E-state index in [1.807, 2.05) is 6.92 Å². The van der Waals surface area contributed by atoms with Crippen LogP contribution in [0.1, 0.15) is 19.8 Å². The molecule has 1 unspecified atom stereocenters. The molecular weight excluding hydrogens is 148 g/mol. The monoisotopic (exact) mass is 162 g/mol. The molecule has 1 rings (SSSR count). The quantitative estimate of drug-likeness (QED) is 0.428. The Morgan fingerprint density at radius 3 is 2.82 bits per heavy atom. The van der Waals surface area contributed by atoms with Crippen LogP contribution < -0.4 is 0 Å². The Labute approximate surface area is 65.8 Å². The van der Waals surface area contributed by atoms with Crippen molar-refractivity contribution in [3.05, 3.63) is 0 Å². The number of ether oxygens (including phenoxy) is 2. The average Bonchev–Trinajstić information content (AvgIpc) is 2.67. The highest BCUT2D eigenvalue weighted by Crippen LogP contribution is 2.08. The third-order valence-corrected chi connectivity index (χ3v) is 1.29. The van der Waals surface area contributed by atoms with Crippen molar-refractivity contribution >= 4 is 5.97 Å². The number of carbonyl (C=O) groups excluding carboxylic acids is 1. The van der Waals surface area contributed by atoms with E-state index in [4.69, 9.17) is 9.47 Å². The summed E-state index contributed by atoms with van der Waals surface area (Å²) in [5.74, 6) is -0.113. The van der Waals surface area contributed by atoms with Gasteiger partial charge in [-0.05, 0) is 6.42 Å². The van der Waals surface area contributed by atoms with Crippen LogP contribution in [0.5, 0.6) is 0 Å². The van der Waals surface area contributed by atoms with Crippen LogP contribution in [0, 0.1) is 0 Å². The van der Waals surface area contributed by atoms with E-state index in [1.54, 1.807) is 0 Å². The van der Waals surface area contributed by atoms with Gasteiger partial charge in [-0.15, -0.1) is 0 Å². The summed E-state index contributed by atoms with van der Waals surface area (Å²) in [7, 11) is 0. The van der Waals surface area contributed by atoms with Crippen molar-refractivity contribution < 1.29 is 19.7 Å². The van der Waals surface area contributed by atoms with Gasteiger partial charge >= 0.3 is 5.97 Å². The third-order valence-electron chi connectivity index (χ3n) is 1.29. The van der Waals surface area contributed by atoms with E-state index in [0.717, 1.165) is 13.0 Å². The lowest BCUT2D eigenvalue weighted by atomic mass is 10.3. The fraction of sp³-hybridized carbons (Fsp3) is 0.857. The first kappa shape index (κ1) is 10.4. The number of carbonyl (C=O) groups is 1. The van der Waals surface area contributed by atoms with Gasteiger partial charge in [-0.2, -0.15) is 0 Å². The van der Waals surface area contributed by atoms with Crippen molar-refractivity contribution in [3.63, 3.8) is 0 Å². The van der Waals surface area contributed by atoms with E-state index in [1.165, 1.54) is 0 Å². The van der Waals surface area contributed by atoms with Gasteiger partial charge in [0, 0.05) is 6.42 Å². The summed E-state index contributed by atoms with van der Waals surface area (Å²) in [4.78, 5) is 10.7. The lowest BCUT2D eigenvalue weighted by Crippen LogP contribution is -2.08. The van der Waals surface area contributed by atoms with Crippen LogP contribution in [0.4, 0.5) is 0 Å². The summed E-state index contributed by atoms with van der Waals surface area (Å²) in [5.41, 5.74) is 0. The van der Waals surface area contributed by atoms with Gasteiger partial charge in [0.05, 0.1) is 6.61 Å². The summed E-state index contributed by atoms with van der Waals surface area (Å²) in [6.07, 6.45) is 1.57. The molecule has 4 heteroatoms. The summed E-state index contributed by atoms with van der Waals surface area (Å²) in [5, 5.41) is 0. The first-order valence-electron chi connectivity index (χ1n) is 3.60. The summed E-state index contributed by atoms with van der Waals surface area (Å²) in [6.45, 7) is 3.15. The van der Waals surface area contributed by atoms with Gasteiger partial charge in [0.1, 0.15) is 12.7 Å². The van der Waals surface area contributed by atoms with Crippen LogP contribution in [-0.4, -0.2) is 30.8 Å². The van der Waals surface area contributed by atoms with Crippen molar-refractivity contribution in [2.24, 2.45) is 0 Å². The summed E-state index contributed by atoms with van der Waals surface area (Å²) in [6, 6.07) is 0. The Bertz CT molecular complexity index is 120. The maximum absolute atomic E-state index is 10.7. The first-order chi connectivity index (χ1) is 4.83. The first-order valence-corrected chi connectivity index (χ1v) is 3.60. The molecule has 1 aliphatic heterocycles. The van der Waals surface area contributed by atoms with Crippen molar-refractivity contribution in [3.8, 4) is 0 Å². The SMILES string of the molecule is CCCC(=O)OCC1CO1.O. The van der Waals surface area contributed by atoms with Gasteiger partial charge in [0.25, 0.3) is 0 Å². The lowest BCUT2D eigenvalue weighted by Gasteiger charge is -1.99. The minimum atomic E-state index is -0.113. The van der Waals surface area contributed by atoms with Gasteiger partial charge in [-0.25, -0.2) is 0 Å². The molecule has 66 valence electrons. The molecule has 1 atom stereocenters. The minimum Gasteiger partial charge on any atom is -0.463 e. The zero-order chi connectivity index (χ0) is 7.40. The van der Waals surface area contributed by atoms with Crippen LogP contribution in [-0.2, 0) is 14.3 Å². The Kier molecular flexibility index (Phi) is 4.81. The molecule has 4 nitrogen and oxygen atoms in total. The second kappa shape index (κ2) is 5.09. The minimum absolute atomic E-state index is 0. The van der Waals surface area contributed by atoms with Crippen LogP contribution in [0.2, 0.25) is 0 Å². The third kappa shape index (κ3) is 4.75. The zero-order valence-corrected chi connectivity index (χ0v) is 6.63.